The maximum absolute atomic E-state index is 12.6. The van der Waals surface area contributed by atoms with Crippen molar-refractivity contribution in [2.24, 2.45) is 0 Å². The second kappa shape index (κ2) is 32.5. The first-order valence-electron chi connectivity index (χ1n) is 20.1. The van der Waals surface area contributed by atoms with Crippen molar-refractivity contribution in [3.8, 4) is 0 Å². The maximum atomic E-state index is 12.6. The van der Waals surface area contributed by atoms with Crippen LogP contribution in [0.25, 0.3) is 0 Å². The number of carbonyl (C=O) groups is 3. The third-order valence-corrected chi connectivity index (χ3v) is 9.26. The van der Waals surface area contributed by atoms with E-state index >= 15 is 0 Å². The molecule has 0 aromatic heterocycles. The number of carbonyl (C=O) groups excluding carboxylic acids is 2. The van der Waals surface area contributed by atoms with Crippen molar-refractivity contribution in [3.63, 3.8) is 0 Å². The van der Waals surface area contributed by atoms with E-state index in [1.54, 1.807) is 0 Å². The summed E-state index contributed by atoms with van der Waals surface area (Å²) in [6, 6.07) is -0.605. The third-order valence-electron chi connectivity index (χ3n) is 9.26. The minimum Gasteiger partial charge on any atom is -0.477 e. The number of unbranched alkanes of at least 4 members (excludes halogenated alkanes) is 22. The summed E-state index contributed by atoms with van der Waals surface area (Å²) in [5.74, 6) is -1.48. The fraction of sp³-hybridized carbons (Fsp3) is 0.925. The van der Waals surface area contributed by atoms with Crippen LogP contribution >= 0.6 is 0 Å². The highest BCUT2D eigenvalue weighted by molar-refractivity contribution is 5.72. The summed E-state index contributed by atoms with van der Waals surface area (Å²) in [6.07, 6.45) is 30.8. The van der Waals surface area contributed by atoms with Crippen LogP contribution in [-0.4, -0.2) is 80.6 Å². The molecule has 2 unspecified atom stereocenters. The molecule has 0 bridgehead atoms. The number of likely N-dealkylation sites (N-methyl/N-ethyl adjacent to an activating group) is 1. The molecule has 1 N–H and O–H groups in total. The highest BCUT2D eigenvalue weighted by Crippen LogP contribution is 2.16. The number of ether oxygens (including phenoxy) is 3. The van der Waals surface area contributed by atoms with Crippen LogP contribution in [0.5, 0.6) is 0 Å². The molecule has 8 nitrogen and oxygen atoms in total. The Kier molecular flexibility index (Phi) is 31.4. The molecule has 8 heteroatoms. The quantitative estimate of drug-likeness (QED) is 0.0398. The molecule has 0 aliphatic carbocycles. The fourth-order valence-corrected chi connectivity index (χ4v) is 6.09. The highest BCUT2D eigenvalue weighted by Gasteiger charge is 2.31. The van der Waals surface area contributed by atoms with Crippen LogP contribution in [0.15, 0.2) is 0 Å². The Morgan fingerprint density at radius 1 is 0.542 bits per heavy atom. The SMILES string of the molecule is CCCCCCCCCCCCCCCCCCCCCCCC(=O)OC(COCCC(C(=O)O)[N+](C)(C)C)COC(=O)CCCCC. The summed E-state index contributed by atoms with van der Waals surface area (Å²) in [5, 5.41) is 9.53. The molecule has 0 radical (unpaired) electrons. The summed E-state index contributed by atoms with van der Waals surface area (Å²) in [6.45, 7) is 4.59. The topological polar surface area (TPSA) is 99.1 Å². The molecule has 2 atom stereocenters. The molecule has 0 amide bonds. The van der Waals surface area contributed by atoms with E-state index in [2.05, 4.69) is 13.8 Å². The maximum Gasteiger partial charge on any atom is 0.362 e. The zero-order chi connectivity index (χ0) is 35.7. The Balaban J connectivity index is 4.00. The first-order chi connectivity index (χ1) is 23.1. The molecular weight excluding hydrogens is 606 g/mol. The molecule has 0 saturated carbocycles. The second-order valence-corrected chi connectivity index (χ2v) is 14.9. The summed E-state index contributed by atoms with van der Waals surface area (Å²) in [7, 11) is 5.51. The van der Waals surface area contributed by atoms with Gasteiger partial charge in [0.1, 0.15) is 6.61 Å². The monoisotopic (exact) mass is 685 g/mol. The Morgan fingerprint density at radius 3 is 1.33 bits per heavy atom. The zero-order valence-corrected chi connectivity index (χ0v) is 32.2. The lowest BCUT2D eigenvalue weighted by Crippen LogP contribution is -2.50. The van der Waals surface area contributed by atoms with Gasteiger partial charge in [-0.25, -0.2) is 4.79 Å². The first-order valence-corrected chi connectivity index (χ1v) is 20.1. The van der Waals surface area contributed by atoms with Crippen molar-refractivity contribution in [1.82, 2.24) is 0 Å². The molecule has 284 valence electrons. The van der Waals surface area contributed by atoms with E-state index in [4.69, 9.17) is 14.2 Å². The smallest absolute Gasteiger partial charge is 0.362 e. The van der Waals surface area contributed by atoms with Gasteiger partial charge in [-0.05, 0) is 12.8 Å². The van der Waals surface area contributed by atoms with Gasteiger partial charge in [0.2, 0.25) is 0 Å². The molecule has 0 aromatic carbocycles. The summed E-state index contributed by atoms with van der Waals surface area (Å²) < 4.78 is 17.0. The van der Waals surface area contributed by atoms with Crippen molar-refractivity contribution >= 4 is 17.9 Å². The molecule has 0 aliphatic heterocycles. The largest absolute Gasteiger partial charge is 0.477 e. The van der Waals surface area contributed by atoms with Crippen LogP contribution < -0.4 is 0 Å². The number of nitrogens with zero attached hydrogens (tertiary/aromatic N) is 1. The molecule has 0 aliphatic rings. The highest BCUT2D eigenvalue weighted by atomic mass is 16.6. The minimum atomic E-state index is -0.875. The second-order valence-electron chi connectivity index (χ2n) is 14.9. The van der Waals surface area contributed by atoms with Crippen LogP contribution in [0, 0.1) is 0 Å². The van der Waals surface area contributed by atoms with E-state index in [-0.39, 0.29) is 36.2 Å². The van der Waals surface area contributed by atoms with Crippen molar-refractivity contribution in [2.45, 2.75) is 199 Å². The van der Waals surface area contributed by atoms with Gasteiger partial charge in [0.25, 0.3) is 0 Å². The van der Waals surface area contributed by atoms with Gasteiger partial charge in [-0.1, -0.05) is 155 Å². The number of aliphatic carboxylic acids is 1. The van der Waals surface area contributed by atoms with Gasteiger partial charge >= 0.3 is 17.9 Å². The van der Waals surface area contributed by atoms with Gasteiger partial charge in [-0.3, -0.25) is 9.59 Å². The Morgan fingerprint density at radius 2 is 0.917 bits per heavy atom. The normalized spacial score (nSPS) is 12.9. The molecule has 0 rings (SSSR count). The molecule has 0 heterocycles. The van der Waals surface area contributed by atoms with Gasteiger partial charge in [-0.2, -0.15) is 0 Å². The molecule has 0 fully saturated rings. The first kappa shape index (κ1) is 46.3. The zero-order valence-electron chi connectivity index (χ0n) is 32.2. The third kappa shape index (κ3) is 30.4. The van der Waals surface area contributed by atoms with E-state index < -0.39 is 18.1 Å². The van der Waals surface area contributed by atoms with E-state index in [1.165, 1.54) is 116 Å². The number of carboxylic acid groups (broad SMARTS) is 1. The van der Waals surface area contributed by atoms with Crippen LogP contribution in [0.4, 0.5) is 0 Å². The van der Waals surface area contributed by atoms with E-state index in [1.807, 2.05) is 21.1 Å². The summed E-state index contributed by atoms with van der Waals surface area (Å²) >= 11 is 0. The van der Waals surface area contributed by atoms with Crippen LogP contribution in [-0.2, 0) is 28.6 Å². The van der Waals surface area contributed by atoms with Gasteiger partial charge < -0.3 is 23.8 Å². The predicted octanol–water partition coefficient (Wildman–Crippen LogP) is 10.2. The lowest BCUT2D eigenvalue weighted by molar-refractivity contribution is -0.887. The van der Waals surface area contributed by atoms with Crippen molar-refractivity contribution in [3.05, 3.63) is 0 Å². The van der Waals surface area contributed by atoms with E-state index in [0.29, 0.717) is 19.3 Å². The number of carboxylic acids is 1. The molecule has 48 heavy (non-hydrogen) atoms. The van der Waals surface area contributed by atoms with Crippen LogP contribution in [0.2, 0.25) is 0 Å². The van der Waals surface area contributed by atoms with Crippen molar-refractivity contribution in [2.75, 3.05) is 41.0 Å². The van der Waals surface area contributed by atoms with Crippen molar-refractivity contribution in [1.29, 1.82) is 0 Å². The van der Waals surface area contributed by atoms with Crippen LogP contribution in [0.1, 0.15) is 187 Å². The molecular formula is C40H78NO7+. The minimum absolute atomic E-state index is 0.0479. The number of hydrogen-bond acceptors (Lipinski definition) is 6. The van der Waals surface area contributed by atoms with Gasteiger partial charge in [0.15, 0.2) is 12.1 Å². The van der Waals surface area contributed by atoms with Gasteiger partial charge in [0.05, 0.1) is 34.4 Å². The lowest BCUT2D eigenvalue weighted by atomic mass is 10.0. The Bertz CT molecular complexity index is 767. The van der Waals surface area contributed by atoms with Gasteiger partial charge in [0, 0.05) is 19.3 Å². The predicted molar refractivity (Wildman–Crippen MR) is 197 cm³/mol. The Labute approximate surface area is 296 Å². The van der Waals surface area contributed by atoms with E-state index in [0.717, 1.165) is 38.5 Å². The van der Waals surface area contributed by atoms with Gasteiger partial charge in [-0.15, -0.1) is 0 Å². The fourth-order valence-electron chi connectivity index (χ4n) is 6.09. The number of quaternary nitrogens is 1. The van der Waals surface area contributed by atoms with Crippen LogP contribution in [0.3, 0.4) is 0 Å². The average Bonchev–Trinajstić information content (AvgIpc) is 3.03. The molecule has 0 saturated heterocycles. The summed E-state index contributed by atoms with van der Waals surface area (Å²) in [5.41, 5.74) is 0. The molecule has 0 spiro atoms. The average molecular weight is 685 g/mol. The number of hydrogen-bond donors (Lipinski definition) is 1. The number of rotatable bonds is 36. The summed E-state index contributed by atoms with van der Waals surface area (Å²) in [4.78, 5) is 36.3. The van der Waals surface area contributed by atoms with E-state index in [9.17, 15) is 19.5 Å². The lowest BCUT2D eigenvalue weighted by Gasteiger charge is -2.31. The Hall–Kier alpha value is -1.67. The number of esters is 2. The standard InChI is InChI=1S/C40H77NO7/c1-6-8-10-11-12-13-14-15-16-17-18-19-20-21-22-23-24-25-26-27-29-31-39(43)48-36(35-47-38(42)30-28-9-7-2)34-46-33-32-37(40(44)45)41(3,4)5/h36-37H,6-35H2,1-5H3/p+1. The molecule has 0 aromatic rings. The van der Waals surface area contributed by atoms with Crippen molar-refractivity contribution < 1.29 is 38.2 Å².